The molecule has 0 radical (unpaired) electrons. The number of hydrogen-bond acceptors (Lipinski definition) is 3. The van der Waals surface area contributed by atoms with E-state index >= 15 is 0 Å². The van der Waals surface area contributed by atoms with E-state index in [2.05, 4.69) is 15.6 Å². The molecule has 0 fully saturated rings. The fourth-order valence-corrected chi connectivity index (χ4v) is 1.37. The van der Waals surface area contributed by atoms with E-state index in [1.807, 2.05) is 12.1 Å². The Morgan fingerprint density at radius 3 is 2.67 bits per heavy atom. The molecular weight excluding hydrogens is 234 g/mol. The predicted molar refractivity (Wildman–Crippen MR) is 66.9 cm³/mol. The van der Waals surface area contributed by atoms with Gasteiger partial charge in [-0.3, -0.25) is 9.78 Å². The van der Waals surface area contributed by atoms with Gasteiger partial charge >= 0.3 is 6.09 Å². The number of likely N-dealkylation sites (N-methyl/N-ethyl adjacent to an activating group) is 1. The molecule has 1 rings (SSSR count). The summed E-state index contributed by atoms with van der Waals surface area (Å²) < 4.78 is 0. The standard InChI is InChI=1S/C12H15N3O3/c1-13-11(16)10(15-12(17)18)4-2-3-9-5-7-14-8-6-9/h2-3,5-8,10,15H,4H2,1H3,(H,13,16)(H,17,18)/b3-2+. The molecule has 0 aliphatic heterocycles. The average molecular weight is 249 g/mol. The molecule has 6 heteroatoms. The van der Waals surface area contributed by atoms with E-state index in [0.717, 1.165) is 5.56 Å². The van der Waals surface area contributed by atoms with Gasteiger partial charge in [0.15, 0.2) is 0 Å². The van der Waals surface area contributed by atoms with Crippen molar-refractivity contribution in [3.63, 3.8) is 0 Å². The van der Waals surface area contributed by atoms with Gasteiger partial charge in [-0.05, 0) is 24.1 Å². The van der Waals surface area contributed by atoms with Gasteiger partial charge in [0.25, 0.3) is 0 Å². The first-order valence-electron chi connectivity index (χ1n) is 5.41. The van der Waals surface area contributed by atoms with Gasteiger partial charge in [0, 0.05) is 19.4 Å². The largest absolute Gasteiger partial charge is 0.465 e. The molecule has 0 saturated carbocycles. The lowest BCUT2D eigenvalue weighted by molar-refractivity contribution is -0.122. The van der Waals surface area contributed by atoms with Crippen LogP contribution < -0.4 is 10.6 Å². The van der Waals surface area contributed by atoms with E-state index in [1.165, 1.54) is 7.05 Å². The van der Waals surface area contributed by atoms with E-state index in [-0.39, 0.29) is 12.3 Å². The lowest BCUT2D eigenvalue weighted by atomic mass is 10.1. The third-order valence-electron chi connectivity index (χ3n) is 2.25. The number of nitrogens with one attached hydrogen (secondary N) is 2. The van der Waals surface area contributed by atoms with Crippen molar-refractivity contribution >= 4 is 18.1 Å². The molecule has 1 aromatic heterocycles. The van der Waals surface area contributed by atoms with Crippen molar-refractivity contribution in [3.8, 4) is 0 Å². The van der Waals surface area contributed by atoms with Crippen molar-refractivity contribution < 1.29 is 14.7 Å². The van der Waals surface area contributed by atoms with Gasteiger partial charge in [0.05, 0.1) is 0 Å². The molecule has 0 spiro atoms. The van der Waals surface area contributed by atoms with Crippen molar-refractivity contribution in [2.24, 2.45) is 0 Å². The number of aromatic nitrogens is 1. The third kappa shape index (κ3) is 4.65. The first-order valence-corrected chi connectivity index (χ1v) is 5.41. The highest BCUT2D eigenvalue weighted by molar-refractivity contribution is 5.85. The van der Waals surface area contributed by atoms with Crippen molar-refractivity contribution in [2.45, 2.75) is 12.5 Å². The van der Waals surface area contributed by atoms with Crippen LogP contribution in [0.4, 0.5) is 4.79 Å². The second-order valence-electron chi connectivity index (χ2n) is 3.53. The molecule has 6 nitrogen and oxygen atoms in total. The summed E-state index contributed by atoms with van der Waals surface area (Å²) in [6.45, 7) is 0. The predicted octanol–water partition coefficient (Wildman–Crippen LogP) is 0.867. The number of carbonyl (C=O) groups excluding carboxylic acids is 1. The first kappa shape index (κ1) is 13.7. The molecule has 0 saturated heterocycles. The Labute approximate surface area is 105 Å². The highest BCUT2D eigenvalue weighted by atomic mass is 16.4. The molecule has 1 unspecified atom stereocenters. The maximum absolute atomic E-state index is 11.4. The van der Waals surface area contributed by atoms with Gasteiger partial charge in [0.2, 0.25) is 5.91 Å². The van der Waals surface area contributed by atoms with Crippen molar-refractivity contribution in [3.05, 3.63) is 36.2 Å². The van der Waals surface area contributed by atoms with Gasteiger partial charge < -0.3 is 15.7 Å². The van der Waals surface area contributed by atoms with Crippen LogP contribution >= 0.6 is 0 Å². The lowest BCUT2D eigenvalue weighted by Crippen LogP contribution is -2.44. The van der Waals surface area contributed by atoms with Crippen LogP contribution in [-0.4, -0.2) is 35.2 Å². The summed E-state index contributed by atoms with van der Waals surface area (Å²) in [6, 6.07) is 2.84. The third-order valence-corrected chi connectivity index (χ3v) is 2.25. The summed E-state index contributed by atoms with van der Waals surface area (Å²) >= 11 is 0. The van der Waals surface area contributed by atoms with E-state index in [1.54, 1.807) is 24.5 Å². The number of carboxylic acid groups (broad SMARTS) is 1. The average Bonchev–Trinajstić information content (AvgIpc) is 2.37. The van der Waals surface area contributed by atoms with Crippen LogP contribution in [0.3, 0.4) is 0 Å². The second kappa shape index (κ2) is 7.05. The van der Waals surface area contributed by atoms with Gasteiger partial charge in [-0.2, -0.15) is 0 Å². The molecule has 0 bridgehead atoms. The second-order valence-corrected chi connectivity index (χ2v) is 3.53. The zero-order valence-corrected chi connectivity index (χ0v) is 9.96. The zero-order valence-electron chi connectivity index (χ0n) is 9.96. The van der Waals surface area contributed by atoms with Gasteiger partial charge in [-0.25, -0.2) is 4.79 Å². The van der Waals surface area contributed by atoms with Crippen LogP contribution in [0.1, 0.15) is 12.0 Å². The van der Waals surface area contributed by atoms with Crippen LogP contribution in [0, 0.1) is 0 Å². The SMILES string of the molecule is CNC(=O)C(C/C=C/c1ccncc1)NC(=O)O. The van der Waals surface area contributed by atoms with Gasteiger partial charge in [0.1, 0.15) is 6.04 Å². The summed E-state index contributed by atoms with van der Waals surface area (Å²) in [6.07, 6.45) is 5.93. The maximum atomic E-state index is 11.4. The number of pyridine rings is 1. The maximum Gasteiger partial charge on any atom is 0.405 e. The minimum absolute atomic E-state index is 0.286. The molecule has 3 N–H and O–H groups in total. The van der Waals surface area contributed by atoms with Crippen LogP contribution in [0.5, 0.6) is 0 Å². The molecule has 1 atom stereocenters. The Bertz CT molecular complexity index is 431. The highest BCUT2D eigenvalue weighted by Gasteiger charge is 2.17. The molecule has 1 aromatic rings. The summed E-state index contributed by atoms with van der Waals surface area (Å²) in [4.78, 5) is 25.8. The Balaban J connectivity index is 2.59. The Morgan fingerprint density at radius 1 is 1.44 bits per heavy atom. The number of amides is 2. The van der Waals surface area contributed by atoms with E-state index in [4.69, 9.17) is 5.11 Å². The van der Waals surface area contributed by atoms with Crippen LogP contribution in [-0.2, 0) is 4.79 Å². The summed E-state index contributed by atoms with van der Waals surface area (Å²) in [5.74, 6) is -0.364. The van der Waals surface area contributed by atoms with Crippen molar-refractivity contribution in [1.82, 2.24) is 15.6 Å². The Kier molecular flexibility index (Phi) is 5.37. The zero-order chi connectivity index (χ0) is 13.4. The number of hydrogen-bond donors (Lipinski definition) is 3. The molecule has 96 valence electrons. The lowest BCUT2D eigenvalue weighted by Gasteiger charge is -2.12. The molecule has 18 heavy (non-hydrogen) atoms. The van der Waals surface area contributed by atoms with Crippen LogP contribution in [0.25, 0.3) is 6.08 Å². The minimum atomic E-state index is -1.22. The quantitative estimate of drug-likeness (QED) is 0.722. The molecule has 0 aromatic carbocycles. The van der Waals surface area contributed by atoms with E-state index < -0.39 is 12.1 Å². The molecular formula is C12H15N3O3. The number of rotatable bonds is 5. The fraction of sp³-hybridized carbons (Fsp3) is 0.250. The van der Waals surface area contributed by atoms with Crippen molar-refractivity contribution in [2.75, 3.05) is 7.05 Å². The van der Waals surface area contributed by atoms with E-state index in [0.29, 0.717) is 0 Å². The fourth-order valence-electron chi connectivity index (χ4n) is 1.37. The molecule has 2 amide bonds. The topological polar surface area (TPSA) is 91.3 Å². The molecule has 1 heterocycles. The number of carbonyl (C=O) groups is 2. The van der Waals surface area contributed by atoms with Crippen LogP contribution in [0.2, 0.25) is 0 Å². The summed E-state index contributed by atoms with van der Waals surface area (Å²) in [5, 5.41) is 13.2. The normalized spacial score (nSPS) is 12.1. The van der Waals surface area contributed by atoms with E-state index in [9.17, 15) is 9.59 Å². The smallest absolute Gasteiger partial charge is 0.405 e. The van der Waals surface area contributed by atoms with Crippen LogP contribution in [0.15, 0.2) is 30.6 Å². The summed E-state index contributed by atoms with van der Waals surface area (Å²) in [5.41, 5.74) is 0.941. The minimum Gasteiger partial charge on any atom is -0.465 e. The molecule has 0 aliphatic rings. The van der Waals surface area contributed by atoms with Gasteiger partial charge in [-0.15, -0.1) is 0 Å². The Hall–Kier alpha value is -2.37. The Morgan fingerprint density at radius 2 is 2.11 bits per heavy atom. The highest BCUT2D eigenvalue weighted by Crippen LogP contribution is 2.02. The number of nitrogens with zero attached hydrogens (tertiary/aromatic N) is 1. The van der Waals surface area contributed by atoms with Crippen molar-refractivity contribution in [1.29, 1.82) is 0 Å². The molecule has 0 aliphatic carbocycles. The first-order chi connectivity index (χ1) is 8.63. The van der Waals surface area contributed by atoms with Gasteiger partial charge in [-0.1, -0.05) is 12.2 Å². The summed E-state index contributed by atoms with van der Waals surface area (Å²) in [7, 11) is 1.46. The monoisotopic (exact) mass is 249 g/mol.